The Hall–Kier alpha value is -2.41. The summed E-state index contributed by atoms with van der Waals surface area (Å²) in [5.74, 6) is 0.280. The minimum Gasteiger partial charge on any atom is -0.304 e. The number of hydrogen-bond donors (Lipinski definition) is 1. The summed E-state index contributed by atoms with van der Waals surface area (Å²) < 4.78 is 4.10. The highest BCUT2D eigenvalue weighted by Gasteiger charge is 2.17. The fraction of sp³-hybridized carbons (Fsp3) is 0.188. The Morgan fingerprint density at radius 1 is 1.26 bits per heavy atom. The van der Waals surface area contributed by atoms with Gasteiger partial charge < -0.3 is 5.32 Å². The van der Waals surface area contributed by atoms with Crippen molar-refractivity contribution in [2.24, 2.45) is 0 Å². The molecule has 118 valence electrons. The lowest BCUT2D eigenvalue weighted by atomic mass is 10.2. The molecule has 2 aromatic heterocycles. The van der Waals surface area contributed by atoms with Crippen LogP contribution in [0.2, 0.25) is 0 Å². The molecule has 0 atom stereocenters. The molecule has 0 aliphatic rings. The molecule has 0 aliphatic carbocycles. The molecule has 0 radical (unpaired) electrons. The molecular formula is C16H16BrN5O. The van der Waals surface area contributed by atoms with Crippen molar-refractivity contribution in [1.29, 1.82) is 0 Å². The van der Waals surface area contributed by atoms with Crippen LogP contribution in [0.4, 0.5) is 5.82 Å². The van der Waals surface area contributed by atoms with Crippen molar-refractivity contribution in [2.45, 2.75) is 20.0 Å². The van der Waals surface area contributed by atoms with Crippen LogP contribution in [0.25, 0.3) is 0 Å². The average Bonchev–Trinajstić information content (AvgIpc) is 3.14. The molecule has 1 N–H and O–H groups in total. The third-order valence-corrected chi connectivity index (χ3v) is 3.96. The Morgan fingerprint density at radius 2 is 2.04 bits per heavy atom. The van der Waals surface area contributed by atoms with Crippen molar-refractivity contribution in [3.63, 3.8) is 0 Å². The van der Waals surface area contributed by atoms with E-state index >= 15 is 0 Å². The molecule has 1 aromatic carbocycles. The minimum absolute atomic E-state index is 0.235. The van der Waals surface area contributed by atoms with Gasteiger partial charge in [0.15, 0.2) is 5.82 Å². The molecule has 0 spiro atoms. The van der Waals surface area contributed by atoms with Crippen LogP contribution in [-0.2, 0) is 13.1 Å². The van der Waals surface area contributed by atoms with E-state index in [0.717, 1.165) is 5.56 Å². The van der Waals surface area contributed by atoms with E-state index in [1.54, 1.807) is 21.6 Å². The monoisotopic (exact) mass is 373 g/mol. The molecule has 2 heterocycles. The quantitative estimate of drug-likeness (QED) is 0.746. The summed E-state index contributed by atoms with van der Waals surface area (Å²) in [6.45, 7) is 3.22. The van der Waals surface area contributed by atoms with Gasteiger partial charge in [0.05, 0.1) is 17.2 Å². The summed E-state index contributed by atoms with van der Waals surface area (Å²) in [4.78, 5) is 12.4. The molecule has 7 heteroatoms. The van der Waals surface area contributed by atoms with Gasteiger partial charge in [-0.3, -0.25) is 14.2 Å². The van der Waals surface area contributed by atoms with Gasteiger partial charge in [0, 0.05) is 18.8 Å². The topological polar surface area (TPSA) is 64.7 Å². The van der Waals surface area contributed by atoms with Crippen LogP contribution in [0.3, 0.4) is 0 Å². The number of rotatable bonds is 5. The van der Waals surface area contributed by atoms with Gasteiger partial charge in [0.2, 0.25) is 0 Å². The zero-order chi connectivity index (χ0) is 16.2. The highest BCUT2D eigenvalue weighted by Crippen LogP contribution is 2.17. The van der Waals surface area contributed by atoms with E-state index in [0.29, 0.717) is 29.1 Å². The molecule has 0 saturated heterocycles. The molecule has 0 bridgehead atoms. The van der Waals surface area contributed by atoms with Crippen LogP contribution in [0.15, 0.2) is 53.3 Å². The van der Waals surface area contributed by atoms with Gasteiger partial charge in [-0.1, -0.05) is 30.3 Å². The molecular weight excluding hydrogens is 358 g/mol. The molecule has 1 amide bonds. The third kappa shape index (κ3) is 3.50. The Labute approximate surface area is 142 Å². The number of nitrogens with one attached hydrogen (secondary N) is 1. The number of carbonyl (C=O) groups excluding carboxylic acids is 1. The number of aryl methyl sites for hydroxylation is 1. The summed E-state index contributed by atoms with van der Waals surface area (Å²) in [5.41, 5.74) is 1.64. The van der Waals surface area contributed by atoms with Crippen molar-refractivity contribution in [3.05, 3.63) is 64.5 Å². The van der Waals surface area contributed by atoms with E-state index < -0.39 is 0 Å². The number of hydrogen-bond acceptors (Lipinski definition) is 3. The maximum absolute atomic E-state index is 12.4. The SMILES string of the molecule is CCn1ncc(Br)c1C(=O)Nc1ccn(Cc2ccccc2)n1. The van der Waals surface area contributed by atoms with Crippen LogP contribution < -0.4 is 5.32 Å². The second kappa shape index (κ2) is 6.78. The van der Waals surface area contributed by atoms with Crippen LogP contribution >= 0.6 is 15.9 Å². The van der Waals surface area contributed by atoms with Crippen molar-refractivity contribution < 1.29 is 4.79 Å². The second-order valence-electron chi connectivity index (χ2n) is 5.00. The van der Waals surface area contributed by atoms with Crippen LogP contribution in [0.5, 0.6) is 0 Å². The first kappa shape index (κ1) is 15.5. The number of nitrogens with zero attached hydrogens (tertiary/aromatic N) is 4. The first-order chi connectivity index (χ1) is 11.2. The smallest absolute Gasteiger partial charge is 0.276 e. The summed E-state index contributed by atoms with van der Waals surface area (Å²) >= 11 is 3.35. The third-order valence-electron chi connectivity index (χ3n) is 3.38. The summed E-state index contributed by atoms with van der Waals surface area (Å²) in [6.07, 6.45) is 3.46. The van der Waals surface area contributed by atoms with E-state index in [4.69, 9.17) is 0 Å². The van der Waals surface area contributed by atoms with Crippen molar-refractivity contribution >= 4 is 27.7 Å². The fourth-order valence-corrected chi connectivity index (χ4v) is 2.77. The van der Waals surface area contributed by atoms with Gasteiger partial charge in [-0.15, -0.1) is 0 Å². The number of amides is 1. The molecule has 0 aliphatic heterocycles. The summed E-state index contributed by atoms with van der Waals surface area (Å²) in [5, 5.41) is 11.3. The summed E-state index contributed by atoms with van der Waals surface area (Å²) in [6, 6.07) is 11.8. The first-order valence-corrected chi connectivity index (χ1v) is 8.06. The van der Waals surface area contributed by atoms with Gasteiger partial charge >= 0.3 is 0 Å². The van der Waals surface area contributed by atoms with Crippen molar-refractivity contribution in [2.75, 3.05) is 5.32 Å². The number of halogens is 1. The van der Waals surface area contributed by atoms with Crippen LogP contribution in [0, 0.1) is 0 Å². The molecule has 0 unspecified atom stereocenters. The molecule has 0 saturated carbocycles. The predicted molar refractivity (Wildman–Crippen MR) is 91.3 cm³/mol. The summed E-state index contributed by atoms with van der Waals surface area (Å²) in [7, 11) is 0. The van der Waals surface area contributed by atoms with Gasteiger partial charge in [-0.05, 0) is 28.4 Å². The number of aromatic nitrogens is 4. The largest absolute Gasteiger partial charge is 0.304 e. The number of carbonyl (C=O) groups is 1. The number of benzene rings is 1. The maximum atomic E-state index is 12.4. The van der Waals surface area contributed by atoms with Crippen molar-refractivity contribution in [1.82, 2.24) is 19.6 Å². The Bertz CT molecular complexity index is 809. The Balaban J connectivity index is 1.71. The second-order valence-corrected chi connectivity index (χ2v) is 5.85. The molecule has 23 heavy (non-hydrogen) atoms. The van der Waals surface area contributed by atoms with E-state index in [-0.39, 0.29) is 5.91 Å². The lowest BCUT2D eigenvalue weighted by molar-refractivity contribution is 0.101. The van der Waals surface area contributed by atoms with Crippen LogP contribution in [0.1, 0.15) is 23.0 Å². The zero-order valence-corrected chi connectivity index (χ0v) is 14.2. The Kier molecular flexibility index (Phi) is 4.57. The van der Waals surface area contributed by atoms with E-state index in [9.17, 15) is 4.79 Å². The molecule has 3 aromatic rings. The number of anilines is 1. The predicted octanol–water partition coefficient (Wildman–Crippen LogP) is 3.16. The minimum atomic E-state index is -0.235. The normalized spacial score (nSPS) is 10.7. The average molecular weight is 374 g/mol. The first-order valence-electron chi connectivity index (χ1n) is 7.27. The molecule has 6 nitrogen and oxygen atoms in total. The van der Waals surface area contributed by atoms with Gasteiger partial charge in [-0.25, -0.2) is 0 Å². The fourth-order valence-electron chi connectivity index (χ4n) is 2.29. The van der Waals surface area contributed by atoms with Crippen LogP contribution in [-0.4, -0.2) is 25.5 Å². The highest BCUT2D eigenvalue weighted by atomic mass is 79.9. The Morgan fingerprint density at radius 3 is 2.78 bits per heavy atom. The molecule has 3 rings (SSSR count). The van der Waals surface area contributed by atoms with E-state index in [1.807, 2.05) is 43.5 Å². The van der Waals surface area contributed by atoms with E-state index in [1.165, 1.54) is 0 Å². The van der Waals surface area contributed by atoms with E-state index in [2.05, 4.69) is 31.4 Å². The van der Waals surface area contributed by atoms with Crippen molar-refractivity contribution in [3.8, 4) is 0 Å². The lowest BCUT2D eigenvalue weighted by Gasteiger charge is -2.05. The maximum Gasteiger partial charge on any atom is 0.276 e. The lowest BCUT2D eigenvalue weighted by Crippen LogP contribution is -2.18. The highest BCUT2D eigenvalue weighted by molar-refractivity contribution is 9.10. The van der Waals surface area contributed by atoms with Gasteiger partial charge in [-0.2, -0.15) is 10.2 Å². The standard InChI is InChI=1S/C16H16BrN5O/c1-2-22-15(13(17)10-18-22)16(23)19-14-8-9-21(20-14)11-12-6-4-3-5-7-12/h3-10H,2,11H2,1H3,(H,19,20,23). The van der Waals surface area contributed by atoms with Gasteiger partial charge in [0.1, 0.15) is 5.69 Å². The zero-order valence-electron chi connectivity index (χ0n) is 12.6. The van der Waals surface area contributed by atoms with Gasteiger partial charge in [0.25, 0.3) is 5.91 Å². The molecule has 0 fully saturated rings.